The van der Waals surface area contributed by atoms with E-state index in [9.17, 15) is 5.11 Å². The summed E-state index contributed by atoms with van der Waals surface area (Å²) in [5.41, 5.74) is 0. The third-order valence-electron chi connectivity index (χ3n) is 5.24. The number of hydrogen-bond acceptors (Lipinski definition) is 2. The number of rotatable bonds is 5. The van der Waals surface area contributed by atoms with Gasteiger partial charge in [-0.2, -0.15) is 0 Å². The highest BCUT2D eigenvalue weighted by atomic mass is 16.3. The van der Waals surface area contributed by atoms with Gasteiger partial charge in [0, 0.05) is 6.04 Å². The molecule has 2 aliphatic carbocycles. The van der Waals surface area contributed by atoms with Gasteiger partial charge < -0.3 is 10.4 Å². The third-order valence-corrected chi connectivity index (χ3v) is 5.24. The van der Waals surface area contributed by atoms with Crippen LogP contribution in [0.15, 0.2) is 0 Å². The Labute approximate surface area is 119 Å². The van der Waals surface area contributed by atoms with E-state index >= 15 is 0 Å². The SMILES string of the molecule is CCCC1CCCC(NCC2CCCC(O)C2)CC1. The van der Waals surface area contributed by atoms with Gasteiger partial charge in [0.25, 0.3) is 0 Å². The molecule has 2 aliphatic rings. The molecule has 0 aromatic rings. The van der Waals surface area contributed by atoms with Gasteiger partial charge in [-0.1, -0.05) is 39.0 Å². The van der Waals surface area contributed by atoms with Crippen molar-refractivity contribution in [1.82, 2.24) is 5.32 Å². The van der Waals surface area contributed by atoms with Gasteiger partial charge in [-0.3, -0.25) is 0 Å². The number of nitrogens with one attached hydrogen (secondary N) is 1. The van der Waals surface area contributed by atoms with Crippen LogP contribution in [0.25, 0.3) is 0 Å². The van der Waals surface area contributed by atoms with E-state index in [2.05, 4.69) is 12.2 Å². The fourth-order valence-corrected chi connectivity index (χ4v) is 4.06. The van der Waals surface area contributed by atoms with E-state index < -0.39 is 0 Å². The topological polar surface area (TPSA) is 32.3 Å². The minimum Gasteiger partial charge on any atom is -0.393 e. The van der Waals surface area contributed by atoms with E-state index in [1.165, 1.54) is 57.8 Å². The smallest absolute Gasteiger partial charge is 0.0543 e. The molecule has 2 fully saturated rings. The van der Waals surface area contributed by atoms with Crippen LogP contribution in [0.3, 0.4) is 0 Å². The summed E-state index contributed by atoms with van der Waals surface area (Å²) >= 11 is 0. The molecule has 2 heteroatoms. The molecule has 0 aromatic carbocycles. The summed E-state index contributed by atoms with van der Waals surface area (Å²) in [6.45, 7) is 3.45. The molecule has 0 radical (unpaired) electrons. The van der Waals surface area contributed by atoms with Crippen LogP contribution < -0.4 is 5.32 Å². The molecular weight excluding hydrogens is 234 g/mol. The predicted octanol–water partition coefficient (Wildman–Crippen LogP) is 3.88. The van der Waals surface area contributed by atoms with Crippen LogP contribution in [-0.4, -0.2) is 23.8 Å². The largest absolute Gasteiger partial charge is 0.393 e. The fourth-order valence-electron chi connectivity index (χ4n) is 4.06. The second-order valence-electron chi connectivity index (χ2n) is 6.95. The first-order chi connectivity index (χ1) is 9.28. The molecule has 0 aromatic heterocycles. The van der Waals surface area contributed by atoms with Crippen LogP contribution >= 0.6 is 0 Å². The van der Waals surface area contributed by atoms with Gasteiger partial charge in [0.15, 0.2) is 0 Å². The Kier molecular flexibility index (Phi) is 6.66. The number of hydrogen-bond donors (Lipinski definition) is 2. The number of aliphatic hydroxyl groups is 1. The normalized spacial score (nSPS) is 36.9. The molecule has 2 saturated carbocycles. The lowest BCUT2D eigenvalue weighted by Crippen LogP contribution is -2.35. The van der Waals surface area contributed by atoms with Crippen LogP contribution in [0, 0.1) is 11.8 Å². The lowest BCUT2D eigenvalue weighted by Gasteiger charge is -2.28. The Hall–Kier alpha value is -0.0800. The molecule has 4 atom stereocenters. The van der Waals surface area contributed by atoms with Crippen molar-refractivity contribution in [3.05, 3.63) is 0 Å². The molecule has 0 aliphatic heterocycles. The Balaban J connectivity index is 1.65. The molecule has 19 heavy (non-hydrogen) atoms. The molecular formula is C17H33NO. The molecule has 0 spiro atoms. The first kappa shape index (κ1) is 15.3. The van der Waals surface area contributed by atoms with Crippen molar-refractivity contribution in [2.24, 2.45) is 11.8 Å². The minimum atomic E-state index is -0.0244. The Morgan fingerprint density at radius 3 is 2.53 bits per heavy atom. The molecule has 2 nitrogen and oxygen atoms in total. The van der Waals surface area contributed by atoms with Gasteiger partial charge in [0.1, 0.15) is 0 Å². The summed E-state index contributed by atoms with van der Waals surface area (Å²) in [6, 6.07) is 0.751. The average Bonchev–Trinajstić information content (AvgIpc) is 2.63. The summed E-state index contributed by atoms with van der Waals surface area (Å²) in [5, 5.41) is 13.5. The second kappa shape index (κ2) is 8.26. The Morgan fingerprint density at radius 1 is 0.947 bits per heavy atom. The van der Waals surface area contributed by atoms with Crippen LogP contribution in [0.2, 0.25) is 0 Å². The molecule has 4 unspecified atom stereocenters. The van der Waals surface area contributed by atoms with Crippen molar-refractivity contribution in [2.45, 2.75) is 89.7 Å². The highest BCUT2D eigenvalue weighted by Crippen LogP contribution is 2.28. The van der Waals surface area contributed by atoms with Gasteiger partial charge >= 0.3 is 0 Å². The molecule has 0 amide bonds. The lowest BCUT2D eigenvalue weighted by molar-refractivity contribution is 0.0993. The van der Waals surface area contributed by atoms with Gasteiger partial charge in [-0.15, -0.1) is 0 Å². The van der Waals surface area contributed by atoms with Crippen LogP contribution in [0.1, 0.15) is 77.6 Å². The maximum Gasteiger partial charge on any atom is 0.0543 e. The van der Waals surface area contributed by atoms with E-state index in [4.69, 9.17) is 0 Å². The van der Waals surface area contributed by atoms with E-state index in [1.54, 1.807) is 0 Å². The zero-order chi connectivity index (χ0) is 13.5. The standard InChI is InChI=1S/C17H33NO/c1-2-5-14-6-3-8-16(11-10-14)18-13-15-7-4-9-17(19)12-15/h14-19H,2-13H2,1H3. The van der Waals surface area contributed by atoms with E-state index in [0.29, 0.717) is 0 Å². The molecule has 2 N–H and O–H groups in total. The van der Waals surface area contributed by atoms with Crippen molar-refractivity contribution in [3.8, 4) is 0 Å². The predicted molar refractivity (Wildman–Crippen MR) is 81.2 cm³/mol. The first-order valence-electron chi connectivity index (χ1n) is 8.69. The maximum atomic E-state index is 9.73. The van der Waals surface area contributed by atoms with Crippen molar-refractivity contribution >= 4 is 0 Å². The summed E-state index contributed by atoms with van der Waals surface area (Å²) in [5.74, 6) is 1.71. The van der Waals surface area contributed by atoms with Crippen molar-refractivity contribution in [2.75, 3.05) is 6.54 Å². The van der Waals surface area contributed by atoms with Gasteiger partial charge in [0.2, 0.25) is 0 Å². The average molecular weight is 267 g/mol. The first-order valence-corrected chi connectivity index (χ1v) is 8.69. The molecule has 0 heterocycles. The molecule has 112 valence electrons. The van der Waals surface area contributed by atoms with Gasteiger partial charge in [0.05, 0.1) is 6.10 Å². The summed E-state index contributed by atoms with van der Waals surface area (Å²) in [4.78, 5) is 0. The molecule has 0 saturated heterocycles. The van der Waals surface area contributed by atoms with Crippen LogP contribution in [0.5, 0.6) is 0 Å². The van der Waals surface area contributed by atoms with Crippen molar-refractivity contribution < 1.29 is 5.11 Å². The summed E-state index contributed by atoms with van der Waals surface area (Å²) in [7, 11) is 0. The van der Waals surface area contributed by atoms with Crippen LogP contribution in [0.4, 0.5) is 0 Å². The Morgan fingerprint density at radius 2 is 1.74 bits per heavy atom. The second-order valence-corrected chi connectivity index (χ2v) is 6.95. The van der Waals surface area contributed by atoms with Crippen LogP contribution in [-0.2, 0) is 0 Å². The highest BCUT2D eigenvalue weighted by molar-refractivity contribution is 4.79. The monoisotopic (exact) mass is 267 g/mol. The Bertz CT molecular complexity index is 243. The quantitative estimate of drug-likeness (QED) is 0.741. The van der Waals surface area contributed by atoms with Crippen molar-refractivity contribution in [1.29, 1.82) is 0 Å². The zero-order valence-electron chi connectivity index (χ0n) is 12.7. The third kappa shape index (κ3) is 5.43. The number of aliphatic hydroxyl groups excluding tert-OH is 1. The highest BCUT2D eigenvalue weighted by Gasteiger charge is 2.22. The molecule has 0 bridgehead atoms. The van der Waals surface area contributed by atoms with E-state index in [1.807, 2.05) is 0 Å². The van der Waals surface area contributed by atoms with Gasteiger partial charge in [-0.05, 0) is 56.9 Å². The molecule has 2 rings (SSSR count). The van der Waals surface area contributed by atoms with Crippen molar-refractivity contribution in [3.63, 3.8) is 0 Å². The maximum absolute atomic E-state index is 9.73. The minimum absolute atomic E-state index is 0.0244. The fraction of sp³-hybridized carbons (Fsp3) is 1.00. The zero-order valence-corrected chi connectivity index (χ0v) is 12.7. The summed E-state index contributed by atoms with van der Waals surface area (Å²) in [6.07, 6.45) is 14.4. The van der Waals surface area contributed by atoms with E-state index in [0.717, 1.165) is 37.3 Å². The summed E-state index contributed by atoms with van der Waals surface area (Å²) < 4.78 is 0. The van der Waals surface area contributed by atoms with Gasteiger partial charge in [-0.25, -0.2) is 0 Å². The van der Waals surface area contributed by atoms with E-state index in [-0.39, 0.29) is 6.10 Å². The lowest BCUT2D eigenvalue weighted by atomic mass is 9.87.